The van der Waals surface area contributed by atoms with Gasteiger partial charge in [0, 0.05) is 0 Å². The van der Waals surface area contributed by atoms with Gasteiger partial charge in [0.25, 0.3) is 5.91 Å². The van der Waals surface area contributed by atoms with Crippen LogP contribution in [0, 0.1) is 0 Å². The van der Waals surface area contributed by atoms with Crippen LogP contribution in [0.15, 0.2) is 89.6 Å². The van der Waals surface area contributed by atoms with E-state index in [1.165, 1.54) is 0 Å². The summed E-state index contributed by atoms with van der Waals surface area (Å²) < 4.78 is 10.7. The monoisotopic (exact) mass is 384 g/mol. The Balaban J connectivity index is 1.82. The van der Waals surface area contributed by atoms with Crippen LogP contribution in [0.2, 0.25) is 0 Å². The zero-order chi connectivity index (χ0) is 20.2. The van der Waals surface area contributed by atoms with E-state index in [2.05, 4.69) is 4.99 Å². The van der Waals surface area contributed by atoms with Crippen molar-refractivity contribution in [2.45, 2.75) is 0 Å². The van der Waals surface area contributed by atoms with Gasteiger partial charge in [0.05, 0.1) is 25.5 Å². The van der Waals surface area contributed by atoms with Crippen molar-refractivity contribution in [3.63, 3.8) is 0 Å². The molecule has 0 saturated heterocycles. The van der Waals surface area contributed by atoms with Gasteiger partial charge < -0.3 is 9.47 Å². The quantitative estimate of drug-likeness (QED) is 0.607. The first-order valence-corrected chi connectivity index (χ1v) is 9.18. The van der Waals surface area contributed by atoms with Crippen LogP contribution >= 0.6 is 0 Å². The summed E-state index contributed by atoms with van der Waals surface area (Å²) in [5, 5.41) is 0. The van der Waals surface area contributed by atoms with Crippen molar-refractivity contribution >= 4 is 23.5 Å². The lowest BCUT2D eigenvalue weighted by Gasteiger charge is -2.19. The van der Waals surface area contributed by atoms with Crippen molar-refractivity contribution in [2.24, 2.45) is 4.99 Å². The molecule has 29 heavy (non-hydrogen) atoms. The number of carbonyl (C=O) groups is 1. The predicted molar refractivity (Wildman–Crippen MR) is 114 cm³/mol. The Hall–Kier alpha value is -3.86. The number of carbonyl (C=O) groups excluding carboxylic acids is 1. The van der Waals surface area contributed by atoms with Gasteiger partial charge in [-0.2, -0.15) is 0 Å². The van der Waals surface area contributed by atoms with E-state index in [9.17, 15) is 4.79 Å². The first kappa shape index (κ1) is 18.5. The predicted octanol–water partition coefficient (Wildman–Crippen LogP) is 4.54. The molecule has 0 aliphatic carbocycles. The maximum absolute atomic E-state index is 13.3. The lowest BCUT2D eigenvalue weighted by molar-refractivity contribution is -0.113. The highest BCUT2D eigenvalue weighted by Crippen LogP contribution is 2.31. The molecule has 0 atom stereocenters. The Kier molecular flexibility index (Phi) is 5.12. The number of amidine groups is 1. The smallest absolute Gasteiger partial charge is 0.282 e. The maximum Gasteiger partial charge on any atom is 0.282 e. The molecule has 3 aromatic rings. The van der Waals surface area contributed by atoms with Gasteiger partial charge in [-0.1, -0.05) is 42.5 Å². The molecular formula is C24H20N2O3. The van der Waals surface area contributed by atoms with E-state index in [0.717, 1.165) is 22.6 Å². The van der Waals surface area contributed by atoms with E-state index in [-0.39, 0.29) is 5.91 Å². The summed E-state index contributed by atoms with van der Waals surface area (Å²) in [5.74, 6) is 1.77. The highest BCUT2D eigenvalue weighted by Gasteiger charge is 2.33. The number of aliphatic imine (C=N–C) groups is 1. The van der Waals surface area contributed by atoms with Gasteiger partial charge in [-0.15, -0.1) is 0 Å². The standard InChI is InChI=1S/C24H20N2O3/c1-28-19-14-12-17(13-15-19)16-21-24(27)26(18-8-4-3-5-9-18)23(25-21)20-10-6-7-11-22(20)29-2/h3-16H,1-2H3/b21-16+. The van der Waals surface area contributed by atoms with Crippen LogP contribution in [-0.4, -0.2) is 26.0 Å². The Morgan fingerprint density at radius 2 is 1.52 bits per heavy atom. The number of hydrogen-bond acceptors (Lipinski definition) is 4. The second kappa shape index (κ2) is 8.02. The summed E-state index contributed by atoms with van der Waals surface area (Å²) in [5.41, 5.74) is 2.73. The third-order valence-corrected chi connectivity index (χ3v) is 4.64. The minimum atomic E-state index is -0.187. The summed E-state index contributed by atoms with van der Waals surface area (Å²) in [4.78, 5) is 19.6. The van der Waals surface area contributed by atoms with Crippen LogP contribution in [0.4, 0.5) is 5.69 Å². The fourth-order valence-electron chi connectivity index (χ4n) is 3.20. The van der Waals surface area contributed by atoms with Crippen LogP contribution in [0.3, 0.4) is 0 Å². The molecule has 0 saturated carbocycles. The Bertz CT molecular complexity index is 1090. The van der Waals surface area contributed by atoms with E-state index in [1.54, 1.807) is 25.2 Å². The van der Waals surface area contributed by atoms with E-state index >= 15 is 0 Å². The number of nitrogens with zero attached hydrogens (tertiary/aromatic N) is 2. The third kappa shape index (κ3) is 3.62. The zero-order valence-corrected chi connectivity index (χ0v) is 16.2. The van der Waals surface area contributed by atoms with E-state index in [1.807, 2.05) is 78.9 Å². The van der Waals surface area contributed by atoms with Gasteiger partial charge in [0.1, 0.15) is 17.2 Å². The zero-order valence-electron chi connectivity index (χ0n) is 16.2. The molecule has 0 unspecified atom stereocenters. The summed E-state index contributed by atoms with van der Waals surface area (Å²) in [6.07, 6.45) is 1.78. The Labute approximate surface area is 169 Å². The van der Waals surface area contributed by atoms with Crippen LogP contribution in [0.5, 0.6) is 11.5 Å². The molecule has 4 rings (SSSR count). The number of amides is 1. The molecule has 3 aromatic carbocycles. The molecule has 5 nitrogen and oxygen atoms in total. The summed E-state index contributed by atoms with van der Waals surface area (Å²) in [6, 6.07) is 24.5. The van der Waals surface area contributed by atoms with E-state index in [4.69, 9.17) is 9.47 Å². The highest BCUT2D eigenvalue weighted by molar-refractivity contribution is 6.33. The van der Waals surface area contributed by atoms with Crippen molar-refractivity contribution in [1.29, 1.82) is 0 Å². The van der Waals surface area contributed by atoms with Gasteiger partial charge in [-0.25, -0.2) is 4.99 Å². The summed E-state index contributed by atoms with van der Waals surface area (Å²) in [6.45, 7) is 0. The second-order valence-electron chi connectivity index (χ2n) is 6.41. The first-order valence-electron chi connectivity index (χ1n) is 9.18. The van der Waals surface area contributed by atoms with Gasteiger partial charge in [-0.3, -0.25) is 9.69 Å². The van der Waals surface area contributed by atoms with Crippen LogP contribution < -0.4 is 14.4 Å². The number of hydrogen-bond donors (Lipinski definition) is 0. The highest BCUT2D eigenvalue weighted by atomic mass is 16.5. The van der Waals surface area contributed by atoms with Gasteiger partial charge in [0.2, 0.25) is 0 Å². The van der Waals surface area contributed by atoms with Gasteiger partial charge in [-0.05, 0) is 48.0 Å². The average Bonchev–Trinajstić information content (AvgIpc) is 3.10. The molecule has 5 heteroatoms. The van der Waals surface area contributed by atoms with E-state index < -0.39 is 0 Å². The number of methoxy groups -OCH3 is 2. The second-order valence-corrected chi connectivity index (χ2v) is 6.41. The number of para-hydroxylation sites is 2. The summed E-state index contributed by atoms with van der Waals surface area (Å²) >= 11 is 0. The third-order valence-electron chi connectivity index (χ3n) is 4.64. The molecule has 0 bridgehead atoms. The molecule has 0 spiro atoms. The van der Waals surface area contributed by atoms with Crippen LogP contribution in [0.25, 0.3) is 6.08 Å². The van der Waals surface area contributed by atoms with Gasteiger partial charge in [0.15, 0.2) is 5.84 Å². The van der Waals surface area contributed by atoms with Crippen molar-refractivity contribution in [3.05, 3.63) is 95.7 Å². The largest absolute Gasteiger partial charge is 0.497 e. The first-order chi connectivity index (χ1) is 14.2. The summed E-state index contributed by atoms with van der Waals surface area (Å²) in [7, 11) is 3.23. The normalized spacial score (nSPS) is 14.8. The number of anilines is 1. The SMILES string of the molecule is COc1ccc(/C=C2/N=C(c3ccccc3OC)N(c3ccccc3)C2=O)cc1. The molecule has 1 aliphatic rings. The molecule has 0 N–H and O–H groups in total. The molecule has 1 heterocycles. The van der Waals surface area contributed by atoms with Crippen molar-refractivity contribution in [1.82, 2.24) is 0 Å². The van der Waals surface area contributed by atoms with Crippen LogP contribution in [-0.2, 0) is 4.79 Å². The van der Waals surface area contributed by atoms with E-state index in [0.29, 0.717) is 17.3 Å². The number of benzene rings is 3. The minimum absolute atomic E-state index is 0.187. The van der Waals surface area contributed by atoms with Crippen molar-refractivity contribution in [3.8, 4) is 11.5 Å². The number of ether oxygens (including phenoxy) is 2. The Morgan fingerprint density at radius 3 is 2.21 bits per heavy atom. The molecule has 0 fully saturated rings. The fraction of sp³-hybridized carbons (Fsp3) is 0.0833. The van der Waals surface area contributed by atoms with Gasteiger partial charge >= 0.3 is 0 Å². The molecule has 144 valence electrons. The lowest BCUT2D eigenvalue weighted by atomic mass is 10.1. The molecular weight excluding hydrogens is 364 g/mol. The topological polar surface area (TPSA) is 51.1 Å². The average molecular weight is 384 g/mol. The Morgan fingerprint density at radius 1 is 0.828 bits per heavy atom. The van der Waals surface area contributed by atoms with Crippen molar-refractivity contribution in [2.75, 3.05) is 19.1 Å². The molecule has 1 aliphatic heterocycles. The molecule has 0 aromatic heterocycles. The molecule has 1 amide bonds. The minimum Gasteiger partial charge on any atom is -0.497 e. The number of rotatable bonds is 5. The van der Waals surface area contributed by atoms with Crippen LogP contribution in [0.1, 0.15) is 11.1 Å². The lowest BCUT2D eigenvalue weighted by Crippen LogP contribution is -2.32. The van der Waals surface area contributed by atoms with Crippen molar-refractivity contribution < 1.29 is 14.3 Å². The fourth-order valence-corrected chi connectivity index (χ4v) is 3.20. The maximum atomic E-state index is 13.3. The molecule has 0 radical (unpaired) electrons.